The van der Waals surface area contributed by atoms with Crippen molar-refractivity contribution >= 4 is 28.4 Å². The lowest BCUT2D eigenvalue weighted by molar-refractivity contribution is 0.222. The first-order valence-corrected chi connectivity index (χ1v) is 6.21. The minimum atomic E-state index is -0.984. The molecule has 0 amide bonds. The monoisotopic (exact) mass is 268 g/mol. The van der Waals surface area contributed by atoms with E-state index in [1.54, 1.807) is 7.11 Å². The molecule has 0 bridgehead atoms. The topological polar surface area (TPSA) is 72.3 Å². The number of rotatable bonds is 3. The summed E-state index contributed by atoms with van der Waals surface area (Å²) in [4.78, 5) is 10.5. The van der Waals surface area contributed by atoms with E-state index in [-0.39, 0.29) is 0 Å². The third-order valence-electron chi connectivity index (χ3n) is 1.92. The fourth-order valence-electron chi connectivity index (χ4n) is 1.18. The summed E-state index contributed by atoms with van der Waals surface area (Å²) in [5.74, 6) is 0.762. The van der Waals surface area contributed by atoms with E-state index in [1.807, 2.05) is 24.3 Å². The summed E-state index contributed by atoms with van der Waals surface area (Å²) in [6.45, 7) is 0. The van der Waals surface area contributed by atoms with E-state index in [0.29, 0.717) is 21.1 Å². The van der Waals surface area contributed by atoms with Crippen molar-refractivity contribution < 1.29 is 14.6 Å². The normalized spacial score (nSPS) is 10.2. The van der Waals surface area contributed by atoms with Crippen LogP contribution in [-0.4, -0.2) is 27.7 Å². The van der Waals surface area contributed by atoms with E-state index in [4.69, 9.17) is 9.84 Å². The van der Waals surface area contributed by atoms with Crippen LogP contribution in [0.5, 0.6) is 5.75 Å². The highest BCUT2D eigenvalue weighted by Gasteiger charge is 2.10. The highest BCUT2D eigenvalue weighted by molar-refractivity contribution is 8.14. The van der Waals surface area contributed by atoms with Crippen LogP contribution in [0.15, 0.2) is 28.6 Å². The number of aromatic nitrogens is 2. The molecule has 0 fully saturated rings. The minimum absolute atomic E-state index is 0.420. The average molecular weight is 268 g/mol. The summed E-state index contributed by atoms with van der Waals surface area (Å²) in [7, 11) is 1.60. The maximum atomic E-state index is 10.5. The van der Waals surface area contributed by atoms with E-state index in [1.165, 1.54) is 11.3 Å². The molecular weight excluding hydrogens is 260 g/mol. The van der Waals surface area contributed by atoms with Crippen LogP contribution >= 0.6 is 23.1 Å². The van der Waals surface area contributed by atoms with E-state index in [2.05, 4.69) is 10.2 Å². The van der Waals surface area contributed by atoms with Crippen molar-refractivity contribution in [2.75, 3.05) is 7.11 Å². The van der Waals surface area contributed by atoms with Crippen molar-refractivity contribution in [2.24, 2.45) is 0 Å². The molecule has 1 heterocycles. The Kier molecular flexibility index (Phi) is 3.60. The van der Waals surface area contributed by atoms with E-state index < -0.39 is 5.30 Å². The lowest BCUT2D eigenvalue weighted by Gasteiger charge is -1.99. The molecule has 2 rings (SSSR count). The Balaban J connectivity index is 2.21. The van der Waals surface area contributed by atoms with Crippen molar-refractivity contribution in [3.63, 3.8) is 0 Å². The fourth-order valence-corrected chi connectivity index (χ4v) is 2.61. The van der Waals surface area contributed by atoms with Gasteiger partial charge in [0.2, 0.25) is 0 Å². The molecule has 0 radical (unpaired) electrons. The molecule has 0 aliphatic heterocycles. The molecule has 1 aromatic heterocycles. The first kappa shape index (κ1) is 11.9. The SMILES string of the molecule is COc1ccc(-c2nnc(SC(=O)O)s2)cc1. The smallest absolute Gasteiger partial charge is 0.372 e. The largest absolute Gasteiger partial charge is 0.497 e. The van der Waals surface area contributed by atoms with Gasteiger partial charge in [-0.05, 0) is 24.3 Å². The quantitative estimate of drug-likeness (QED) is 0.863. The number of hydrogen-bond donors (Lipinski definition) is 1. The summed E-state index contributed by atoms with van der Waals surface area (Å²) in [5, 5.41) is 16.0. The van der Waals surface area contributed by atoms with Crippen LogP contribution in [0, 0.1) is 0 Å². The number of ether oxygens (including phenoxy) is 1. The Labute approximate surface area is 105 Å². The number of methoxy groups -OCH3 is 1. The fraction of sp³-hybridized carbons (Fsp3) is 0.100. The van der Waals surface area contributed by atoms with Gasteiger partial charge in [-0.2, -0.15) is 0 Å². The van der Waals surface area contributed by atoms with Crippen molar-refractivity contribution in [1.29, 1.82) is 0 Å². The predicted molar refractivity (Wildman–Crippen MR) is 65.8 cm³/mol. The molecule has 0 saturated carbocycles. The van der Waals surface area contributed by atoms with E-state index in [0.717, 1.165) is 11.3 Å². The van der Waals surface area contributed by atoms with Gasteiger partial charge in [-0.3, -0.25) is 0 Å². The molecule has 17 heavy (non-hydrogen) atoms. The van der Waals surface area contributed by atoms with Gasteiger partial charge in [0, 0.05) is 17.3 Å². The van der Waals surface area contributed by atoms with Gasteiger partial charge in [-0.1, -0.05) is 11.3 Å². The Morgan fingerprint density at radius 3 is 2.65 bits per heavy atom. The second kappa shape index (κ2) is 5.15. The molecule has 2 aromatic rings. The van der Waals surface area contributed by atoms with Crippen LogP contribution in [0.2, 0.25) is 0 Å². The Hall–Kier alpha value is -1.60. The standard InChI is InChI=1S/C10H8N2O3S2/c1-15-7-4-2-6(3-5-7)8-11-12-9(16-8)17-10(13)14/h2-5H,1H3,(H,13,14). The first-order valence-electron chi connectivity index (χ1n) is 4.58. The first-order chi connectivity index (χ1) is 8.19. The van der Waals surface area contributed by atoms with Gasteiger partial charge in [0.05, 0.1) is 7.11 Å². The van der Waals surface area contributed by atoms with Crippen LogP contribution in [0.25, 0.3) is 10.6 Å². The summed E-state index contributed by atoms with van der Waals surface area (Å²) >= 11 is 1.91. The third kappa shape index (κ3) is 2.95. The highest BCUT2D eigenvalue weighted by Crippen LogP contribution is 2.30. The van der Waals surface area contributed by atoms with Gasteiger partial charge >= 0.3 is 5.30 Å². The summed E-state index contributed by atoms with van der Waals surface area (Å²) in [6, 6.07) is 7.35. The number of carbonyl (C=O) groups is 1. The lowest BCUT2D eigenvalue weighted by Crippen LogP contribution is -1.82. The van der Waals surface area contributed by atoms with Gasteiger partial charge in [0.25, 0.3) is 0 Å². The van der Waals surface area contributed by atoms with E-state index >= 15 is 0 Å². The molecule has 0 unspecified atom stereocenters. The molecule has 88 valence electrons. The van der Waals surface area contributed by atoms with Gasteiger partial charge < -0.3 is 9.84 Å². The minimum Gasteiger partial charge on any atom is -0.497 e. The van der Waals surface area contributed by atoms with Crippen LogP contribution in [0.3, 0.4) is 0 Å². The molecule has 0 atom stereocenters. The maximum Gasteiger partial charge on any atom is 0.372 e. The van der Waals surface area contributed by atoms with Crippen molar-refractivity contribution in [3.8, 4) is 16.3 Å². The molecule has 1 N–H and O–H groups in total. The van der Waals surface area contributed by atoms with E-state index in [9.17, 15) is 4.79 Å². The number of hydrogen-bond acceptors (Lipinski definition) is 6. The lowest BCUT2D eigenvalue weighted by atomic mass is 10.2. The third-order valence-corrected chi connectivity index (χ3v) is 3.62. The molecule has 7 heteroatoms. The zero-order valence-electron chi connectivity index (χ0n) is 8.78. The number of nitrogens with zero attached hydrogens (tertiary/aromatic N) is 2. The highest BCUT2D eigenvalue weighted by atomic mass is 32.2. The van der Waals surface area contributed by atoms with Crippen LogP contribution in [0.1, 0.15) is 0 Å². The van der Waals surface area contributed by atoms with Gasteiger partial charge in [-0.25, -0.2) is 4.79 Å². The van der Waals surface area contributed by atoms with Crippen LogP contribution < -0.4 is 4.74 Å². The summed E-state index contributed by atoms with van der Waals surface area (Å²) in [5.41, 5.74) is 0.889. The zero-order chi connectivity index (χ0) is 12.3. The van der Waals surface area contributed by atoms with Gasteiger partial charge in [-0.15, -0.1) is 10.2 Å². The second-order valence-electron chi connectivity index (χ2n) is 2.97. The second-order valence-corrected chi connectivity index (χ2v) is 5.15. The number of carboxylic acid groups (broad SMARTS) is 1. The molecule has 0 aliphatic carbocycles. The van der Waals surface area contributed by atoms with Crippen LogP contribution in [-0.2, 0) is 0 Å². The number of benzene rings is 1. The maximum absolute atomic E-state index is 10.5. The Morgan fingerprint density at radius 1 is 1.35 bits per heavy atom. The average Bonchev–Trinajstić information content (AvgIpc) is 2.77. The van der Waals surface area contributed by atoms with Crippen LogP contribution in [0.4, 0.5) is 4.79 Å². The number of thioether (sulfide) groups is 1. The molecular formula is C10H8N2O3S2. The van der Waals surface area contributed by atoms with Crippen molar-refractivity contribution in [3.05, 3.63) is 24.3 Å². The molecule has 0 saturated heterocycles. The Morgan fingerprint density at radius 2 is 2.06 bits per heavy atom. The van der Waals surface area contributed by atoms with Crippen molar-refractivity contribution in [2.45, 2.75) is 4.34 Å². The molecule has 0 aliphatic rings. The molecule has 0 spiro atoms. The van der Waals surface area contributed by atoms with Gasteiger partial charge in [0.15, 0.2) is 4.34 Å². The van der Waals surface area contributed by atoms with Crippen molar-refractivity contribution in [1.82, 2.24) is 10.2 Å². The molecule has 1 aromatic carbocycles. The summed E-state index contributed by atoms with van der Waals surface area (Å²) < 4.78 is 5.47. The molecule has 5 nitrogen and oxygen atoms in total. The Bertz CT molecular complexity index is 525. The summed E-state index contributed by atoms with van der Waals surface area (Å²) in [6.07, 6.45) is 0. The predicted octanol–water partition coefficient (Wildman–Crippen LogP) is 2.98. The van der Waals surface area contributed by atoms with Gasteiger partial charge in [0.1, 0.15) is 10.8 Å². The zero-order valence-corrected chi connectivity index (χ0v) is 10.4.